The van der Waals surface area contributed by atoms with Crippen molar-refractivity contribution in [3.63, 3.8) is 0 Å². The average molecular weight is 390 g/mol. The van der Waals surface area contributed by atoms with Crippen molar-refractivity contribution < 1.29 is 13.6 Å². The zero-order valence-corrected chi connectivity index (χ0v) is 15.2. The van der Waals surface area contributed by atoms with Gasteiger partial charge in [0.15, 0.2) is 0 Å². The van der Waals surface area contributed by atoms with Gasteiger partial charge < -0.3 is 5.32 Å². The number of carbonyl (C=O) groups excluding carboxylic acids is 1. The van der Waals surface area contributed by atoms with Gasteiger partial charge in [-0.25, -0.2) is 8.78 Å². The van der Waals surface area contributed by atoms with E-state index in [1.165, 1.54) is 24.3 Å². The van der Waals surface area contributed by atoms with Crippen LogP contribution in [0.5, 0.6) is 0 Å². The van der Waals surface area contributed by atoms with Crippen molar-refractivity contribution >= 4 is 29.0 Å². The van der Waals surface area contributed by atoms with Crippen molar-refractivity contribution in [2.75, 3.05) is 0 Å². The number of nitrogens with zero attached hydrogens (tertiary/aromatic N) is 2. The number of aromatic nitrogens is 3. The number of rotatable bonds is 5. The highest BCUT2D eigenvalue weighted by Crippen LogP contribution is 2.22. The molecular weight excluding hydrogens is 374 g/mol. The highest BCUT2D eigenvalue weighted by molar-refractivity contribution is 6.00. The summed E-state index contributed by atoms with van der Waals surface area (Å²) in [4.78, 5) is 16.5. The molecule has 2 aromatic heterocycles. The summed E-state index contributed by atoms with van der Waals surface area (Å²) >= 11 is 0. The zero-order chi connectivity index (χ0) is 20.2. The van der Waals surface area contributed by atoms with Crippen LogP contribution in [0, 0.1) is 11.6 Å². The van der Waals surface area contributed by atoms with Crippen LogP contribution < -0.4 is 5.32 Å². The SMILES string of the molecule is O=C(NCc1cccnc1)c1cc2c(C=Cc3cccc(F)c3)n[nH]c2cc1F. The smallest absolute Gasteiger partial charge is 0.254 e. The minimum Gasteiger partial charge on any atom is -0.348 e. The molecule has 144 valence electrons. The number of nitrogens with one attached hydrogen (secondary N) is 2. The summed E-state index contributed by atoms with van der Waals surface area (Å²) in [5.41, 5.74) is 2.38. The van der Waals surface area contributed by atoms with Crippen molar-refractivity contribution in [3.8, 4) is 0 Å². The van der Waals surface area contributed by atoms with Crippen LogP contribution >= 0.6 is 0 Å². The summed E-state index contributed by atoms with van der Waals surface area (Å²) in [6.45, 7) is 0.238. The quantitative estimate of drug-likeness (QED) is 0.533. The molecule has 0 unspecified atom stereocenters. The summed E-state index contributed by atoms with van der Waals surface area (Å²) in [6.07, 6.45) is 6.65. The van der Waals surface area contributed by atoms with E-state index in [2.05, 4.69) is 20.5 Å². The molecule has 5 nitrogen and oxygen atoms in total. The Labute approximate surface area is 165 Å². The standard InChI is InChI=1S/C22H16F2N4O/c23-16-5-1-3-14(9-16)6-7-20-18-10-17(19(24)11-21(18)28-27-20)22(29)26-13-15-4-2-8-25-12-15/h1-12H,13H2,(H,26,29)(H,27,28). The Morgan fingerprint density at radius 2 is 2.00 bits per heavy atom. The first kappa shape index (κ1) is 18.5. The minimum absolute atomic E-state index is 0.0804. The molecule has 0 radical (unpaired) electrons. The van der Waals surface area contributed by atoms with Crippen LogP contribution in [-0.2, 0) is 6.54 Å². The van der Waals surface area contributed by atoms with Crippen molar-refractivity contribution in [1.29, 1.82) is 0 Å². The van der Waals surface area contributed by atoms with E-state index >= 15 is 0 Å². The van der Waals surface area contributed by atoms with Crippen molar-refractivity contribution in [1.82, 2.24) is 20.5 Å². The van der Waals surface area contributed by atoms with E-state index in [-0.39, 0.29) is 17.9 Å². The molecule has 0 atom stereocenters. The molecule has 4 aromatic rings. The largest absolute Gasteiger partial charge is 0.348 e. The molecule has 0 bridgehead atoms. The zero-order valence-electron chi connectivity index (χ0n) is 15.2. The predicted octanol–water partition coefficient (Wildman–Crippen LogP) is 4.34. The monoisotopic (exact) mass is 390 g/mol. The highest BCUT2D eigenvalue weighted by atomic mass is 19.1. The van der Waals surface area contributed by atoms with E-state index < -0.39 is 11.7 Å². The van der Waals surface area contributed by atoms with E-state index in [1.54, 1.807) is 42.7 Å². The van der Waals surface area contributed by atoms with Crippen LogP contribution in [0.3, 0.4) is 0 Å². The molecule has 2 N–H and O–H groups in total. The molecule has 4 rings (SSSR count). The van der Waals surface area contributed by atoms with Crippen LogP contribution in [0.25, 0.3) is 23.1 Å². The number of halogens is 2. The van der Waals surface area contributed by atoms with Crippen LogP contribution in [0.1, 0.15) is 27.2 Å². The van der Waals surface area contributed by atoms with Gasteiger partial charge in [-0.15, -0.1) is 0 Å². The van der Waals surface area contributed by atoms with Crippen molar-refractivity contribution in [2.45, 2.75) is 6.54 Å². The topological polar surface area (TPSA) is 70.7 Å². The molecule has 7 heteroatoms. The molecule has 0 fully saturated rings. The van der Waals surface area contributed by atoms with Gasteiger partial charge in [0.2, 0.25) is 0 Å². The number of carbonyl (C=O) groups is 1. The fourth-order valence-electron chi connectivity index (χ4n) is 2.93. The lowest BCUT2D eigenvalue weighted by molar-refractivity contribution is 0.0947. The summed E-state index contributed by atoms with van der Waals surface area (Å²) in [7, 11) is 0. The van der Waals surface area contributed by atoms with Crippen LogP contribution in [0.15, 0.2) is 60.9 Å². The van der Waals surface area contributed by atoms with Crippen LogP contribution in [0.4, 0.5) is 8.78 Å². The fraction of sp³-hybridized carbons (Fsp3) is 0.0455. The van der Waals surface area contributed by atoms with E-state index in [4.69, 9.17) is 0 Å². The molecule has 0 saturated carbocycles. The molecule has 29 heavy (non-hydrogen) atoms. The van der Waals surface area contributed by atoms with Gasteiger partial charge in [0.05, 0.1) is 16.8 Å². The maximum Gasteiger partial charge on any atom is 0.254 e. The van der Waals surface area contributed by atoms with Gasteiger partial charge in [-0.2, -0.15) is 5.10 Å². The summed E-state index contributed by atoms with van der Waals surface area (Å²) < 4.78 is 27.7. The Morgan fingerprint density at radius 1 is 1.10 bits per heavy atom. The fourth-order valence-corrected chi connectivity index (χ4v) is 2.93. The lowest BCUT2D eigenvalue weighted by Crippen LogP contribution is -2.23. The number of hydrogen-bond donors (Lipinski definition) is 2. The van der Waals surface area contributed by atoms with Crippen molar-refractivity contribution in [3.05, 3.63) is 94.9 Å². The number of fused-ring (bicyclic) bond motifs is 1. The molecule has 2 heterocycles. The number of H-pyrrole nitrogens is 1. The molecule has 0 saturated heterocycles. The maximum atomic E-state index is 14.4. The predicted molar refractivity (Wildman–Crippen MR) is 107 cm³/mol. The molecule has 0 aliphatic rings. The van der Waals surface area contributed by atoms with Gasteiger partial charge in [-0.05, 0) is 41.5 Å². The number of aromatic amines is 1. The molecule has 0 aliphatic carbocycles. The third-order valence-electron chi connectivity index (χ3n) is 4.38. The first-order valence-corrected chi connectivity index (χ1v) is 8.88. The second kappa shape index (κ2) is 8.02. The van der Waals surface area contributed by atoms with E-state index in [1.807, 2.05) is 6.07 Å². The Balaban J connectivity index is 1.59. The summed E-state index contributed by atoms with van der Waals surface area (Å²) in [5.74, 6) is -1.52. The summed E-state index contributed by atoms with van der Waals surface area (Å²) in [6, 6.07) is 12.4. The molecule has 0 aliphatic heterocycles. The molecule has 0 spiro atoms. The third kappa shape index (κ3) is 4.19. The maximum absolute atomic E-state index is 14.4. The van der Waals surface area contributed by atoms with Gasteiger partial charge in [0.25, 0.3) is 5.91 Å². The lowest BCUT2D eigenvalue weighted by atomic mass is 10.1. The molecule has 1 amide bonds. The Kier molecular flexibility index (Phi) is 5.11. The van der Waals surface area contributed by atoms with Gasteiger partial charge in [-0.3, -0.25) is 14.9 Å². The molecule has 2 aromatic carbocycles. The van der Waals surface area contributed by atoms with E-state index in [0.717, 1.165) is 5.56 Å². The second-order valence-corrected chi connectivity index (χ2v) is 6.42. The van der Waals surface area contributed by atoms with E-state index in [9.17, 15) is 13.6 Å². The third-order valence-corrected chi connectivity index (χ3v) is 4.38. The molecular formula is C22H16F2N4O. The number of amides is 1. The number of pyridine rings is 1. The average Bonchev–Trinajstić information content (AvgIpc) is 3.12. The number of hydrogen-bond acceptors (Lipinski definition) is 3. The van der Waals surface area contributed by atoms with Crippen LogP contribution in [0.2, 0.25) is 0 Å². The van der Waals surface area contributed by atoms with Gasteiger partial charge in [-0.1, -0.05) is 24.3 Å². The van der Waals surface area contributed by atoms with Crippen molar-refractivity contribution in [2.24, 2.45) is 0 Å². The lowest BCUT2D eigenvalue weighted by Gasteiger charge is -2.06. The number of benzene rings is 2. The Morgan fingerprint density at radius 3 is 2.79 bits per heavy atom. The Hall–Kier alpha value is -3.87. The Bertz CT molecular complexity index is 1200. The minimum atomic E-state index is -0.648. The van der Waals surface area contributed by atoms with Gasteiger partial charge in [0.1, 0.15) is 11.6 Å². The normalized spacial score (nSPS) is 11.2. The first-order chi connectivity index (χ1) is 14.1. The van der Waals surface area contributed by atoms with Crippen LogP contribution in [-0.4, -0.2) is 21.1 Å². The van der Waals surface area contributed by atoms with E-state index in [0.29, 0.717) is 22.2 Å². The highest BCUT2D eigenvalue weighted by Gasteiger charge is 2.15. The first-order valence-electron chi connectivity index (χ1n) is 8.88. The van der Waals surface area contributed by atoms with Gasteiger partial charge in [0, 0.05) is 30.4 Å². The van der Waals surface area contributed by atoms with Gasteiger partial charge >= 0.3 is 0 Å². The summed E-state index contributed by atoms with van der Waals surface area (Å²) in [5, 5.41) is 10.2. The second-order valence-electron chi connectivity index (χ2n) is 6.42.